The third-order valence-electron chi connectivity index (χ3n) is 4.48. The lowest BCUT2D eigenvalue weighted by molar-refractivity contribution is -0.139. The standard InChI is InChI=1S/C15H17N3O2S/c19-15(10-3-1-4-10)18-7-2-5-12(18)14-17-16-13(20-14)11-6-8-21-9-11/h6,8-10,12H,1-5,7H2/t12-/m0/s1. The van der Waals surface area contributed by atoms with Crippen molar-refractivity contribution >= 4 is 17.2 Å². The minimum absolute atomic E-state index is 0.0296. The molecule has 4 rings (SSSR count). The van der Waals surface area contributed by atoms with Crippen molar-refractivity contribution in [3.63, 3.8) is 0 Å². The topological polar surface area (TPSA) is 59.2 Å². The lowest BCUT2D eigenvalue weighted by atomic mass is 9.84. The molecule has 21 heavy (non-hydrogen) atoms. The van der Waals surface area contributed by atoms with Crippen molar-refractivity contribution in [3.8, 4) is 11.5 Å². The van der Waals surface area contributed by atoms with Crippen LogP contribution >= 0.6 is 11.3 Å². The van der Waals surface area contributed by atoms with Gasteiger partial charge in [-0.3, -0.25) is 4.79 Å². The minimum atomic E-state index is -0.0296. The van der Waals surface area contributed by atoms with Crippen molar-refractivity contribution in [2.75, 3.05) is 6.54 Å². The van der Waals surface area contributed by atoms with Crippen LogP contribution in [0, 0.1) is 5.92 Å². The van der Waals surface area contributed by atoms with Gasteiger partial charge >= 0.3 is 0 Å². The van der Waals surface area contributed by atoms with Gasteiger partial charge in [-0.05, 0) is 37.1 Å². The van der Waals surface area contributed by atoms with Gasteiger partial charge in [-0.25, -0.2) is 0 Å². The van der Waals surface area contributed by atoms with E-state index in [9.17, 15) is 4.79 Å². The molecule has 3 heterocycles. The average Bonchev–Trinajstić information content (AvgIpc) is 3.17. The van der Waals surface area contributed by atoms with Crippen LogP contribution < -0.4 is 0 Å². The molecule has 5 nitrogen and oxygen atoms in total. The number of nitrogens with zero attached hydrogens (tertiary/aromatic N) is 3. The third-order valence-corrected chi connectivity index (χ3v) is 5.17. The van der Waals surface area contributed by atoms with E-state index in [1.165, 1.54) is 6.42 Å². The molecule has 6 heteroatoms. The van der Waals surface area contributed by atoms with Gasteiger partial charge in [0.1, 0.15) is 6.04 Å². The van der Waals surface area contributed by atoms with E-state index in [-0.39, 0.29) is 17.9 Å². The second kappa shape index (κ2) is 5.26. The zero-order valence-corrected chi connectivity index (χ0v) is 12.5. The molecular weight excluding hydrogens is 286 g/mol. The van der Waals surface area contributed by atoms with Gasteiger partial charge in [0.2, 0.25) is 17.7 Å². The first-order chi connectivity index (χ1) is 10.3. The summed E-state index contributed by atoms with van der Waals surface area (Å²) in [7, 11) is 0. The van der Waals surface area contributed by atoms with Gasteiger partial charge in [0.25, 0.3) is 0 Å². The second-order valence-corrected chi connectivity index (χ2v) is 6.55. The molecule has 1 atom stereocenters. The maximum Gasteiger partial charge on any atom is 0.248 e. The molecule has 1 saturated heterocycles. The number of rotatable bonds is 3. The fourth-order valence-corrected chi connectivity index (χ4v) is 3.68. The smallest absolute Gasteiger partial charge is 0.248 e. The number of likely N-dealkylation sites (tertiary alicyclic amines) is 1. The Morgan fingerprint density at radius 2 is 2.19 bits per heavy atom. The normalized spacial score (nSPS) is 22.5. The van der Waals surface area contributed by atoms with Crippen molar-refractivity contribution in [2.45, 2.75) is 38.1 Å². The molecule has 2 aromatic heterocycles. The maximum atomic E-state index is 12.5. The first-order valence-corrected chi connectivity index (χ1v) is 8.43. The predicted octanol–water partition coefficient (Wildman–Crippen LogP) is 3.26. The summed E-state index contributed by atoms with van der Waals surface area (Å²) in [6.07, 6.45) is 5.18. The van der Waals surface area contributed by atoms with E-state index >= 15 is 0 Å². The molecule has 0 aromatic carbocycles. The number of carbonyl (C=O) groups excluding carboxylic acids is 1. The molecule has 2 aromatic rings. The molecule has 1 saturated carbocycles. The molecule has 0 radical (unpaired) electrons. The highest BCUT2D eigenvalue weighted by atomic mass is 32.1. The van der Waals surface area contributed by atoms with Crippen LogP contribution in [0.15, 0.2) is 21.2 Å². The quantitative estimate of drug-likeness (QED) is 0.873. The van der Waals surface area contributed by atoms with Crippen LogP contribution in [0.5, 0.6) is 0 Å². The predicted molar refractivity (Wildman–Crippen MR) is 78.6 cm³/mol. The third kappa shape index (κ3) is 2.27. The van der Waals surface area contributed by atoms with E-state index in [1.807, 2.05) is 21.7 Å². The summed E-state index contributed by atoms with van der Waals surface area (Å²) < 4.78 is 5.81. The molecule has 1 aliphatic carbocycles. The van der Waals surface area contributed by atoms with Crippen LogP contribution in [0.3, 0.4) is 0 Å². The Balaban J connectivity index is 1.56. The van der Waals surface area contributed by atoms with Crippen LogP contribution in [0.25, 0.3) is 11.5 Å². The van der Waals surface area contributed by atoms with Gasteiger partial charge in [0.05, 0.1) is 0 Å². The fraction of sp³-hybridized carbons (Fsp3) is 0.533. The van der Waals surface area contributed by atoms with E-state index in [4.69, 9.17) is 4.42 Å². The van der Waals surface area contributed by atoms with Gasteiger partial charge in [-0.2, -0.15) is 11.3 Å². The van der Waals surface area contributed by atoms with Gasteiger partial charge < -0.3 is 9.32 Å². The van der Waals surface area contributed by atoms with Crippen molar-refractivity contribution in [1.82, 2.24) is 15.1 Å². The van der Waals surface area contributed by atoms with E-state index in [0.717, 1.165) is 37.8 Å². The second-order valence-electron chi connectivity index (χ2n) is 5.77. The Kier molecular flexibility index (Phi) is 3.25. The molecule has 1 aliphatic heterocycles. The number of hydrogen-bond donors (Lipinski definition) is 0. The SMILES string of the molecule is O=C(C1CCC1)N1CCC[C@H]1c1nnc(-c2ccsc2)o1. The summed E-state index contributed by atoms with van der Waals surface area (Å²) >= 11 is 1.60. The van der Waals surface area contributed by atoms with Crippen molar-refractivity contribution < 1.29 is 9.21 Å². The zero-order chi connectivity index (χ0) is 14.2. The molecule has 0 bridgehead atoms. The zero-order valence-electron chi connectivity index (χ0n) is 11.7. The van der Waals surface area contributed by atoms with Crippen molar-refractivity contribution in [3.05, 3.63) is 22.7 Å². The Morgan fingerprint density at radius 1 is 1.29 bits per heavy atom. The Labute approximate surface area is 127 Å². The number of hydrogen-bond acceptors (Lipinski definition) is 5. The van der Waals surface area contributed by atoms with Crippen LogP contribution in [0.2, 0.25) is 0 Å². The van der Waals surface area contributed by atoms with Crippen LogP contribution in [0.1, 0.15) is 44.0 Å². The Morgan fingerprint density at radius 3 is 2.90 bits per heavy atom. The van der Waals surface area contributed by atoms with E-state index < -0.39 is 0 Å². The van der Waals surface area contributed by atoms with Crippen molar-refractivity contribution in [1.29, 1.82) is 0 Å². The van der Waals surface area contributed by atoms with Gasteiger partial charge in [0.15, 0.2) is 0 Å². The monoisotopic (exact) mass is 303 g/mol. The van der Waals surface area contributed by atoms with Crippen LogP contribution in [-0.4, -0.2) is 27.5 Å². The molecular formula is C15H17N3O2S. The molecule has 2 aliphatic rings. The highest BCUT2D eigenvalue weighted by Crippen LogP contribution is 2.37. The molecule has 2 fully saturated rings. The number of thiophene rings is 1. The lowest BCUT2D eigenvalue weighted by Gasteiger charge is -2.31. The van der Waals surface area contributed by atoms with Gasteiger partial charge in [-0.1, -0.05) is 6.42 Å². The molecule has 0 unspecified atom stereocenters. The lowest BCUT2D eigenvalue weighted by Crippen LogP contribution is -2.38. The number of carbonyl (C=O) groups is 1. The van der Waals surface area contributed by atoms with Gasteiger partial charge in [-0.15, -0.1) is 10.2 Å². The maximum absolute atomic E-state index is 12.5. The van der Waals surface area contributed by atoms with Crippen molar-refractivity contribution in [2.24, 2.45) is 5.92 Å². The van der Waals surface area contributed by atoms with E-state index in [0.29, 0.717) is 11.8 Å². The van der Waals surface area contributed by atoms with Gasteiger partial charge in [0, 0.05) is 23.4 Å². The summed E-state index contributed by atoms with van der Waals surface area (Å²) in [4.78, 5) is 14.4. The summed E-state index contributed by atoms with van der Waals surface area (Å²) in [5, 5.41) is 12.3. The Bertz CT molecular complexity index is 633. The average molecular weight is 303 g/mol. The summed E-state index contributed by atoms with van der Waals surface area (Å²) in [6, 6.07) is 1.94. The molecule has 0 N–H and O–H groups in total. The fourth-order valence-electron chi connectivity index (χ4n) is 3.05. The summed E-state index contributed by atoms with van der Waals surface area (Å²) in [5.41, 5.74) is 0.952. The van der Waals surface area contributed by atoms with Crippen LogP contribution in [-0.2, 0) is 4.79 Å². The van der Waals surface area contributed by atoms with E-state index in [2.05, 4.69) is 10.2 Å². The Hall–Kier alpha value is -1.69. The molecule has 0 spiro atoms. The molecule has 110 valence electrons. The highest BCUT2D eigenvalue weighted by molar-refractivity contribution is 7.08. The summed E-state index contributed by atoms with van der Waals surface area (Å²) in [6.45, 7) is 0.816. The first kappa shape index (κ1) is 13.0. The minimum Gasteiger partial charge on any atom is -0.418 e. The first-order valence-electron chi connectivity index (χ1n) is 7.49. The number of amides is 1. The summed E-state index contributed by atoms with van der Waals surface area (Å²) in [5.74, 6) is 1.64. The number of aromatic nitrogens is 2. The highest BCUT2D eigenvalue weighted by Gasteiger charge is 2.38. The van der Waals surface area contributed by atoms with E-state index in [1.54, 1.807) is 11.3 Å². The molecule has 1 amide bonds. The van der Waals surface area contributed by atoms with Crippen LogP contribution in [0.4, 0.5) is 0 Å². The largest absolute Gasteiger partial charge is 0.418 e.